The maximum Gasteiger partial charge on any atom is 0.416 e. The number of ether oxygens (including phenoxy) is 2. The number of carbonyl (C=O) groups is 1. The zero-order chi connectivity index (χ0) is 16.2. The van der Waals surface area contributed by atoms with E-state index in [1.165, 1.54) is 29.2 Å². The van der Waals surface area contributed by atoms with E-state index >= 15 is 0 Å². The van der Waals surface area contributed by atoms with Gasteiger partial charge in [0.25, 0.3) is 5.69 Å². The Hall–Kier alpha value is -3.16. The number of rotatable bonds is 5. The minimum atomic E-state index is -0.479. The highest BCUT2D eigenvalue weighted by Gasteiger charge is 2.33. The highest BCUT2D eigenvalue weighted by atomic mass is 16.6. The van der Waals surface area contributed by atoms with Gasteiger partial charge in [-0.3, -0.25) is 15.0 Å². The number of pyridine rings is 1. The molecule has 2 aromatic rings. The van der Waals surface area contributed by atoms with Crippen molar-refractivity contribution in [1.82, 2.24) is 4.98 Å². The van der Waals surface area contributed by atoms with Gasteiger partial charge < -0.3 is 9.47 Å². The van der Waals surface area contributed by atoms with Crippen molar-refractivity contribution in [2.24, 2.45) is 0 Å². The third-order valence-corrected chi connectivity index (χ3v) is 3.28. The highest BCUT2D eigenvalue weighted by Crippen LogP contribution is 2.21. The Labute approximate surface area is 131 Å². The third-order valence-electron chi connectivity index (χ3n) is 3.28. The van der Waals surface area contributed by atoms with Gasteiger partial charge in [0.2, 0.25) is 0 Å². The van der Waals surface area contributed by atoms with Gasteiger partial charge in [-0.25, -0.2) is 9.78 Å². The second-order valence-electron chi connectivity index (χ2n) is 4.87. The minimum Gasteiger partial charge on any atom is -0.490 e. The van der Waals surface area contributed by atoms with Gasteiger partial charge in [-0.2, -0.15) is 0 Å². The van der Waals surface area contributed by atoms with Crippen LogP contribution in [0.1, 0.15) is 0 Å². The summed E-state index contributed by atoms with van der Waals surface area (Å²) >= 11 is 0. The molecule has 2 heterocycles. The topological polar surface area (TPSA) is 94.8 Å². The average molecular weight is 315 g/mol. The molecule has 1 aliphatic heterocycles. The molecule has 1 aromatic carbocycles. The third kappa shape index (κ3) is 3.37. The van der Waals surface area contributed by atoms with Crippen LogP contribution in [0.25, 0.3) is 0 Å². The van der Waals surface area contributed by atoms with Crippen molar-refractivity contribution >= 4 is 17.6 Å². The Bertz CT molecular complexity index is 705. The van der Waals surface area contributed by atoms with E-state index in [1.807, 2.05) is 0 Å². The van der Waals surface area contributed by atoms with Crippen LogP contribution in [0.2, 0.25) is 0 Å². The lowest BCUT2D eigenvalue weighted by Crippen LogP contribution is -2.27. The lowest BCUT2D eigenvalue weighted by atomic mass is 10.3. The van der Waals surface area contributed by atoms with Gasteiger partial charge in [0.15, 0.2) is 6.10 Å². The van der Waals surface area contributed by atoms with Crippen LogP contribution in [-0.4, -0.2) is 35.3 Å². The summed E-state index contributed by atoms with van der Waals surface area (Å²) in [7, 11) is 0. The Morgan fingerprint density at radius 3 is 2.74 bits per heavy atom. The minimum absolute atomic E-state index is 0.00836. The molecule has 0 bridgehead atoms. The molecule has 8 nitrogen and oxygen atoms in total. The fourth-order valence-electron chi connectivity index (χ4n) is 2.16. The van der Waals surface area contributed by atoms with E-state index in [0.29, 0.717) is 18.1 Å². The van der Waals surface area contributed by atoms with Crippen molar-refractivity contribution < 1.29 is 19.2 Å². The van der Waals surface area contributed by atoms with Crippen LogP contribution in [0.3, 0.4) is 0 Å². The number of amides is 1. The van der Waals surface area contributed by atoms with Crippen LogP contribution in [0.5, 0.6) is 5.75 Å². The Balaban J connectivity index is 1.57. The monoisotopic (exact) mass is 315 g/mol. The number of benzene rings is 1. The van der Waals surface area contributed by atoms with Crippen LogP contribution in [0.15, 0.2) is 48.7 Å². The smallest absolute Gasteiger partial charge is 0.416 e. The molecule has 0 N–H and O–H groups in total. The van der Waals surface area contributed by atoms with Gasteiger partial charge in [0, 0.05) is 18.3 Å². The SMILES string of the molecule is O=C1OC(COc2ccc([N+](=O)[O-])cc2)CN1c1ccccn1. The Kier molecular flexibility index (Phi) is 4.05. The molecule has 1 saturated heterocycles. The first-order valence-electron chi connectivity index (χ1n) is 6.90. The molecule has 1 atom stereocenters. The van der Waals surface area contributed by atoms with E-state index in [-0.39, 0.29) is 12.3 Å². The molecule has 1 amide bonds. The molecule has 8 heteroatoms. The maximum absolute atomic E-state index is 11.8. The van der Waals surface area contributed by atoms with Crippen LogP contribution < -0.4 is 9.64 Å². The standard InChI is InChI=1S/C15H13N3O5/c19-15-17(14-3-1-2-8-16-14)9-13(23-15)10-22-12-6-4-11(5-7-12)18(20)21/h1-8,13H,9-10H2. The first-order valence-corrected chi connectivity index (χ1v) is 6.90. The largest absolute Gasteiger partial charge is 0.490 e. The molecule has 0 radical (unpaired) electrons. The van der Waals surface area contributed by atoms with Gasteiger partial charge in [0.1, 0.15) is 18.2 Å². The molecule has 0 spiro atoms. The van der Waals surface area contributed by atoms with E-state index in [1.54, 1.807) is 24.4 Å². The number of nitrogens with zero attached hydrogens (tertiary/aromatic N) is 3. The number of non-ortho nitro benzene ring substituents is 1. The quantitative estimate of drug-likeness (QED) is 0.621. The van der Waals surface area contributed by atoms with Crippen molar-refractivity contribution in [2.45, 2.75) is 6.10 Å². The molecule has 0 aliphatic carbocycles. The van der Waals surface area contributed by atoms with Crippen LogP contribution in [-0.2, 0) is 4.74 Å². The summed E-state index contributed by atoms with van der Waals surface area (Å²) in [6.45, 7) is 0.496. The van der Waals surface area contributed by atoms with Crippen LogP contribution in [0, 0.1) is 10.1 Å². The van der Waals surface area contributed by atoms with Gasteiger partial charge >= 0.3 is 6.09 Å². The van der Waals surface area contributed by atoms with Gasteiger partial charge in [-0.05, 0) is 24.3 Å². The second-order valence-corrected chi connectivity index (χ2v) is 4.87. The van der Waals surface area contributed by atoms with E-state index in [9.17, 15) is 14.9 Å². The lowest BCUT2D eigenvalue weighted by Gasteiger charge is -2.11. The average Bonchev–Trinajstić information content (AvgIpc) is 2.95. The van der Waals surface area contributed by atoms with Gasteiger partial charge in [-0.1, -0.05) is 6.07 Å². The summed E-state index contributed by atoms with van der Waals surface area (Å²) in [5.41, 5.74) is -0.00836. The number of cyclic esters (lactones) is 1. The summed E-state index contributed by atoms with van der Waals surface area (Å²) in [6.07, 6.45) is 0.698. The van der Waals surface area contributed by atoms with Gasteiger partial charge in [-0.15, -0.1) is 0 Å². The highest BCUT2D eigenvalue weighted by molar-refractivity contribution is 5.88. The van der Waals surface area contributed by atoms with Crippen molar-refractivity contribution in [3.05, 3.63) is 58.8 Å². The van der Waals surface area contributed by atoms with E-state index in [2.05, 4.69) is 4.98 Å². The zero-order valence-electron chi connectivity index (χ0n) is 12.0. The fraction of sp³-hybridized carbons (Fsp3) is 0.200. The molecule has 1 aromatic heterocycles. The molecule has 1 aliphatic rings. The van der Waals surface area contributed by atoms with Crippen LogP contribution >= 0.6 is 0 Å². The molecule has 1 fully saturated rings. The summed E-state index contributed by atoms with van der Waals surface area (Å²) in [5, 5.41) is 10.6. The maximum atomic E-state index is 11.8. The number of aromatic nitrogens is 1. The van der Waals surface area contributed by atoms with E-state index in [4.69, 9.17) is 9.47 Å². The zero-order valence-corrected chi connectivity index (χ0v) is 12.0. The predicted octanol–water partition coefficient (Wildman–Crippen LogP) is 2.39. The molecule has 0 saturated carbocycles. The normalized spacial score (nSPS) is 17.0. The summed E-state index contributed by atoms with van der Waals surface area (Å²) in [6, 6.07) is 11.0. The molecular weight excluding hydrogens is 302 g/mol. The number of nitro groups is 1. The lowest BCUT2D eigenvalue weighted by molar-refractivity contribution is -0.384. The second kappa shape index (κ2) is 6.30. The molecule has 3 rings (SSSR count). The first-order chi connectivity index (χ1) is 11.1. The Morgan fingerprint density at radius 1 is 1.30 bits per heavy atom. The van der Waals surface area contributed by atoms with Crippen molar-refractivity contribution in [1.29, 1.82) is 0 Å². The first kappa shape index (κ1) is 14.8. The van der Waals surface area contributed by atoms with Gasteiger partial charge in [0.05, 0.1) is 11.5 Å². The van der Waals surface area contributed by atoms with Crippen LogP contribution in [0.4, 0.5) is 16.3 Å². The number of hydrogen-bond donors (Lipinski definition) is 0. The molecular formula is C15H13N3O5. The molecule has 118 valence electrons. The van der Waals surface area contributed by atoms with E-state index in [0.717, 1.165) is 0 Å². The fourth-order valence-corrected chi connectivity index (χ4v) is 2.16. The molecule has 23 heavy (non-hydrogen) atoms. The molecule has 1 unspecified atom stereocenters. The summed E-state index contributed by atoms with van der Waals surface area (Å²) in [4.78, 5) is 27.5. The summed E-state index contributed by atoms with van der Waals surface area (Å²) < 4.78 is 10.7. The van der Waals surface area contributed by atoms with Crippen molar-refractivity contribution in [2.75, 3.05) is 18.1 Å². The Morgan fingerprint density at radius 2 is 2.09 bits per heavy atom. The predicted molar refractivity (Wildman–Crippen MR) is 80.4 cm³/mol. The number of anilines is 1. The van der Waals surface area contributed by atoms with Crippen molar-refractivity contribution in [3.63, 3.8) is 0 Å². The number of carbonyl (C=O) groups excluding carboxylic acids is 1. The number of hydrogen-bond acceptors (Lipinski definition) is 6. The summed E-state index contributed by atoms with van der Waals surface area (Å²) in [5.74, 6) is 0.998. The number of nitro benzene ring substituents is 1. The van der Waals surface area contributed by atoms with E-state index < -0.39 is 17.1 Å². The van der Waals surface area contributed by atoms with Crippen molar-refractivity contribution in [3.8, 4) is 5.75 Å².